The van der Waals surface area contributed by atoms with E-state index in [1.54, 1.807) is 0 Å². The molecule has 2 heterocycles. The van der Waals surface area contributed by atoms with Crippen LogP contribution in [0, 0.1) is 11.8 Å². The highest BCUT2D eigenvalue weighted by Crippen LogP contribution is 2.21. The van der Waals surface area contributed by atoms with E-state index in [4.69, 9.17) is 10.7 Å². The van der Waals surface area contributed by atoms with Gasteiger partial charge in [-0.05, 0) is 68.7 Å². The molecule has 0 saturated carbocycles. The number of primary amides is 1. The van der Waals surface area contributed by atoms with Crippen LogP contribution in [0.25, 0.3) is 0 Å². The summed E-state index contributed by atoms with van der Waals surface area (Å²) < 4.78 is 0. The molecule has 1 atom stereocenters. The third-order valence-corrected chi connectivity index (χ3v) is 6.43. The van der Waals surface area contributed by atoms with Gasteiger partial charge in [-0.3, -0.25) is 9.69 Å². The van der Waals surface area contributed by atoms with E-state index < -0.39 is 0 Å². The zero-order valence-electron chi connectivity index (χ0n) is 18.8. The van der Waals surface area contributed by atoms with Gasteiger partial charge in [0, 0.05) is 32.6 Å². The fraction of sp³-hybridized carbons (Fsp3) is 0.667. The quantitative estimate of drug-likeness (QED) is 0.532. The van der Waals surface area contributed by atoms with Crippen LogP contribution < -0.4 is 11.1 Å². The fourth-order valence-corrected chi connectivity index (χ4v) is 4.62. The molecule has 0 spiro atoms. The third-order valence-electron chi connectivity index (χ3n) is 6.43. The van der Waals surface area contributed by atoms with Crippen LogP contribution in [0.1, 0.15) is 57.1 Å². The highest BCUT2D eigenvalue weighted by atomic mass is 16.1. The number of benzene rings is 1. The number of rotatable bonds is 7. The number of hydrogen-bond acceptors (Lipinski definition) is 3. The van der Waals surface area contributed by atoms with E-state index in [9.17, 15) is 4.79 Å². The van der Waals surface area contributed by atoms with Crippen molar-refractivity contribution in [3.8, 4) is 0 Å². The summed E-state index contributed by atoms with van der Waals surface area (Å²) in [6, 6.07) is 8.71. The predicted octanol–water partition coefficient (Wildman–Crippen LogP) is 2.97. The average molecular weight is 414 g/mol. The summed E-state index contributed by atoms with van der Waals surface area (Å²) in [5.41, 5.74) is 8.12. The Hall–Kier alpha value is -2.08. The Bertz CT molecular complexity index is 711. The number of nitrogens with two attached hydrogens (primary N) is 1. The molecular weight excluding hydrogens is 374 g/mol. The maximum Gasteiger partial charge on any atom is 0.217 e. The minimum Gasteiger partial charge on any atom is -0.370 e. The number of carbonyl (C=O) groups excluding carboxylic acids is 1. The number of nitrogens with one attached hydrogen (secondary N) is 1. The molecule has 2 aliphatic heterocycles. The number of nitrogens with zero attached hydrogens (tertiary/aromatic N) is 3. The Morgan fingerprint density at radius 1 is 1.17 bits per heavy atom. The van der Waals surface area contributed by atoms with Crippen molar-refractivity contribution in [2.45, 2.75) is 59.0 Å². The molecule has 6 nitrogen and oxygen atoms in total. The van der Waals surface area contributed by atoms with Gasteiger partial charge in [-0.2, -0.15) is 0 Å². The van der Waals surface area contributed by atoms with Crippen molar-refractivity contribution < 1.29 is 4.79 Å². The Morgan fingerprint density at radius 2 is 1.90 bits per heavy atom. The van der Waals surface area contributed by atoms with Gasteiger partial charge in [0.05, 0.1) is 6.54 Å². The summed E-state index contributed by atoms with van der Waals surface area (Å²) in [7, 11) is 0. The second kappa shape index (κ2) is 11.3. The van der Waals surface area contributed by atoms with Crippen molar-refractivity contribution in [1.29, 1.82) is 0 Å². The molecule has 3 rings (SSSR count). The summed E-state index contributed by atoms with van der Waals surface area (Å²) in [6.45, 7) is 11.2. The molecule has 2 fully saturated rings. The summed E-state index contributed by atoms with van der Waals surface area (Å²) in [5.74, 6) is 1.93. The molecule has 0 aliphatic carbocycles. The van der Waals surface area contributed by atoms with Gasteiger partial charge < -0.3 is 16.0 Å². The second-order valence-corrected chi connectivity index (χ2v) is 9.02. The molecule has 0 bridgehead atoms. The molecule has 1 aromatic carbocycles. The van der Waals surface area contributed by atoms with Crippen molar-refractivity contribution in [2.75, 3.05) is 32.7 Å². The lowest BCUT2D eigenvalue weighted by Gasteiger charge is -2.34. The number of carbonyl (C=O) groups is 1. The molecule has 2 saturated heterocycles. The van der Waals surface area contributed by atoms with Crippen LogP contribution in [0.4, 0.5) is 0 Å². The first-order chi connectivity index (χ1) is 14.5. The smallest absolute Gasteiger partial charge is 0.217 e. The molecule has 1 amide bonds. The highest BCUT2D eigenvalue weighted by Gasteiger charge is 2.23. The van der Waals surface area contributed by atoms with E-state index in [1.807, 2.05) is 0 Å². The largest absolute Gasteiger partial charge is 0.370 e. The molecule has 3 N–H and O–H groups in total. The van der Waals surface area contributed by atoms with Crippen LogP contribution in [0.3, 0.4) is 0 Å². The predicted molar refractivity (Wildman–Crippen MR) is 123 cm³/mol. The summed E-state index contributed by atoms with van der Waals surface area (Å²) >= 11 is 0. The molecule has 0 radical (unpaired) electrons. The molecule has 1 unspecified atom stereocenters. The summed E-state index contributed by atoms with van der Waals surface area (Å²) in [4.78, 5) is 21.2. The maximum atomic E-state index is 11.4. The number of guanidine groups is 1. The lowest BCUT2D eigenvalue weighted by atomic mass is 9.95. The Morgan fingerprint density at radius 3 is 2.60 bits per heavy atom. The third kappa shape index (κ3) is 6.73. The van der Waals surface area contributed by atoms with Crippen molar-refractivity contribution in [3.05, 3.63) is 35.4 Å². The van der Waals surface area contributed by atoms with E-state index >= 15 is 0 Å². The molecule has 1 aromatic rings. The van der Waals surface area contributed by atoms with E-state index in [1.165, 1.54) is 37.1 Å². The van der Waals surface area contributed by atoms with Crippen molar-refractivity contribution in [1.82, 2.24) is 15.1 Å². The van der Waals surface area contributed by atoms with Gasteiger partial charge in [-0.1, -0.05) is 31.2 Å². The lowest BCUT2D eigenvalue weighted by Crippen LogP contribution is -2.47. The Balaban J connectivity index is 1.66. The minimum absolute atomic E-state index is 0.204. The first kappa shape index (κ1) is 22.6. The van der Waals surface area contributed by atoms with Crippen molar-refractivity contribution in [2.24, 2.45) is 22.6 Å². The van der Waals surface area contributed by atoms with E-state index in [-0.39, 0.29) is 5.91 Å². The number of hydrogen-bond donors (Lipinski definition) is 2. The molecule has 2 aliphatic rings. The highest BCUT2D eigenvalue weighted by molar-refractivity contribution is 5.80. The van der Waals surface area contributed by atoms with Crippen LogP contribution >= 0.6 is 0 Å². The fourth-order valence-electron chi connectivity index (χ4n) is 4.62. The van der Waals surface area contributed by atoms with E-state index in [0.29, 0.717) is 18.9 Å². The normalized spacial score (nSPS) is 21.6. The number of piperidine rings is 2. The standard InChI is InChI=1S/C24H39N5O/c1-3-26-24(29-12-6-7-20(17-29)15-23(25)30)27-16-21-8-4-5-9-22(21)18-28-13-10-19(2)11-14-28/h4-5,8-9,19-20H,3,6-7,10-18H2,1-2H3,(H2,25,30)(H,26,27). The van der Waals surface area contributed by atoms with Gasteiger partial charge in [-0.25, -0.2) is 4.99 Å². The van der Waals surface area contributed by atoms with Crippen LogP contribution in [0.15, 0.2) is 29.3 Å². The molecule has 0 aromatic heterocycles. The first-order valence-corrected chi connectivity index (χ1v) is 11.7. The number of aliphatic imine (C=N–C) groups is 1. The lowest BCUT2D eigenvalue weighted by molar-refractivity contribution is -0.119. The van der Waals surface area contributed by atoms with Crippen LogP contribution in [0.5, 0.6) is 0 Å². The molecule has 6 heteroatoms. The number of amides is 1. The van der Waals surface area contributed by atoms with Crippen LogP contribution in [0.2, 0.25) is 0 Å². The minimum atomic E-state index is -0.204. The molecule has 30 heavy (non-hydrogen) atoms. The zero-order valence-corrected chi connectivity index (χ0v) is 18.8. The summed E-state index contributed by atoms with van der Waals surface area (Å²) in [6.07, 6.45) is 5.20. The van der Waals surface area contributed by atoms with Gasteiger partial charge in [0.15, 0.2) is 5.96 Å². The number of likely N-dealkylation sites (tertiary alicyclic amines) is 2. The van der Waals surface area contributed by atoms with Gasteiger partial charge >= 0.3 is 0 Å². The molecule has 166 valence electrons. The Kier molecular flexibility index (Phi) is 8.55. The van der Waals surface area contributed by atoms with Gasteiger partial charge in [0.2, 0.25) is 5.91 Å². The van der Waals surface area contributed by atoms with Gasteiger partial charge in [0.25, 0.3) is 0 Å². The monoisotopic (exact) mass is 413 g/mol. The summed E-state index contributed by atoms with van der Waals surface area (Å²) in [5, 5.41) is 3.45. The van der Waals surface area contributed by atoms with Gasteiger partial charge in [-0.15, -0.1) is 0 Å². The van der Waals surface area contributed by atoms with Crippen LogP contribution in [-0.4, -0.2) is 54.4 Å². The second-order valence-electron chi connectivity index (χ2n) is 9.02. The van der Waals surface area contributed by atoms with Gasteiger partial charge in [0.1, 0.15) is 0 Å². The SMILES string of the molecule is CCNC(=NCc1ccccc1CN1CCC(C)CC1)N1CCCC(CC(N)=O)C1. The van der Waals surface area contributed by atoms with Crippen molar-refractivity contribution >= 4 is 11.9 Å². The first-order valence-electron chi connectivity index (χ1n) is 11.7. The topological polar surface area (TPSA) is 74.0 Å². The average Bonchev–Trinajstić information content (AvgIpc) is 2.73. The maximum absolute atomic E-state index is 11.4. The van der Waals surface area contributed by atoms with E-state index in [2.05, 4.69) is 53.2 Å². The molecular formula is C24H39N5O. The van der Waals surface area contributed by atoms with Crippen molar-refractivity contribution in [3.63, 3.8) is 0 Å². The van der Waals surface area contributed by atoms with Crippen LogP contribution in [-0.2, 0) is 17.9 Å². The zero-order chi connectivity index (χ0) is 21.3. The Labute approximate surface area is 181 Å². The van der Waals surface area contributed by atoms with E-state index in [0.717, 1.165) is 50.9 Å².